The summed E-state index contributed by atoms with van der Waals surface area (Å²) in [4.78, 5) is 32.5. The average molecular weight is 568 g/mol. The van der Waals surface area contributed by atoms with Gasteiger partial charge in [0.15, 0.2) is 5.69 Å². The number of aryl methyl sites for hydroxylation is 1. The number of thioether (sulfide) groups is 3. The predicted molar refractivity (Wildman–Crippen MR) is 163 cm³/mol. The van der Waals surface area contributed by atoms with Crippen molar-refractivity contribution in [3.05, 3.63) is 59.3 Å². The topological polar surface area (TPSA) is 92.2 Å². The van der Waals surface area contributed by atoms with Crippen LogP contribution < -0.4 is 5.32 Å². The number of nitrogens with zero attached hydrogens (tertiary/aromatic N) is 4. The van der Waals surface area contributed by atoms with Crippen molar-refractivity contribution in [2.45, 2.75) is 64.2 Å². The highest BCUT2D eigenvalue weighted by Gasteiger charge is 2.48. The summed E-state index contributed by atoms with van der Waals surface area (Å²) in [6, 6.07) is 10.3. The Morgan fingerprint density at radius 1 is 0.921 bits per heavy atom. The van der Waals surface area contributed by atoms with Crippen molar-refractivity contribution in [1.82, 2.24) is 10.3 Å². The van der Waals surface area contributed by atoms with Crippen LogP contribution in [-0.4, -0.2) is 60.4 Å². The van der Waals surface area contributed by atoms with E-state index in [1.54, 1.807) is 42.2 Å². The second kappa shape index (κ2) is 10.4. The fourth-order valence-corrected chi connectivity index (χ4v) is 8.24. The molecule has 1 aromatic carbocycles. The number of carbonyl (C=O) groups excluding carboxylic acids is 1. The van der Waals surface area contributed by atoms with Gasteiger partial charge in [0.1, 0.15) is 22.4 Å². The molecule has 0 saturated heterocycles. The summed E-state index contributed by atoms with van der Waals surface area (Å²) in [6.45, 7) is 12.0. The van der Waals surface area contributed by atoms with Crippen LogP contribution >= 0.6 is 35.3 Å². The van der Waals surface area contributed by atoms with Crippen LogP contribution in [0.2, 0.25) is 0 Å². The van der Waals surface area contributed by atoms with Gasteiger partial charge in [-0.15, -0.1) is 35.3 Å². The van der Waals surface area contributed by atoms with Gasteiger partial charge in [0.2, 0.25) is 5.89 Å². The van der Waals surface area contributed by atoms with Crippen LogP contribution in [0.3, 0.4) is 0 Å². The van der Waals surface area contributed by atoms with Crippen LogP contribution in [0, 0.1) is 6.92 Å². The van der Waals surface area contributed by atoms with Gasteiger partial charge < -0.3 is 9.73 Å². The molecule has 3 aliphatic heterocycles. The summed E-state index contributed by atoms with van der Waals surface area (Å²) in [5.74, 6) is 3.15. The lowest BCUT2D eigenvalue weighted by atomic mass is 10.0. The summed E-state index contributed by atoms with van der Waals surface area (Å²) in [6.07, 6.45) is 4.21. The van der Waals surface area contributed by atoms with E-state index in [0.717, 1.165) is 32.2 Å². The molecule has 3 aliphatic rings. The summed E-state index contributed by atoms with van der Waals surface area (Å²) in [5.41, 5.74) is 0.0853. The first kappa shape index (κ1) is 27.3. The second-order valence-corrected chi connectivity index (χ2v) is 13.7. The van der Waals surface area contributed by atoms with Crippen LogP contribution in [0.1, 0.15) is 62.3 Å². The Hall–Kier alpha value is -2.30. The molecule has 5 rings (SSSR count). The number of carbonyl (C=O) groups is 1. The molecule has 38 heavy (non-hydrogen) atoms. The monoisotopic (exact) mass is 567 g/mol. The van der Waals surface area contributed by atoms with E-state index in [1.165, 1.54) is 0 Å². The van der Waals surface area contributed by atoms with E-state index in [-0.39, 0.29) is 17.5 Å². The van der Waals surface area contributed by atoms with E-state index in [0.29, 0.717) is 23.1 Å². The van der Waals surface area contributed by atoms with Crippen LogP contribution in [-0.2, 0) is 5.54 Å². The molecule has 3 atom stereocenters. The molecule has 0 spiro atoms. The maximum Gasteiger partial charge on any atom is 0.273 e. The molecule has 7 nitrogen and oxygen atoms in total. The molecule has 1 amide bonds. The quantitative estimate of drug-likeness (QED) is 0.441. The Labute approximate surface area is 236 Å². The molecule has 0 fully saturated rings. The molecule has 10 heteroatoms. The van der Waals surface area contributed by atoms with E-state index in [1.807, 2.05) is 39.0 Å². The van der Waals surface area contributed by atoms with Crippen LogP contribution in [0.5, 0.6) is 0 Å². The van der Waals surface area contributed by atoms with Crippen molar-refractivity contribution in [2.24, 2.45) is 15.0 Å². The van der Waals surface area contributed by atoms with Gasteiger partial charge in [0.25, 0.3) is 5.91 Å². The summed E-state index contributed by atoms with van der Waals surface area (Å²) < 4.78 is 5.97. The molecule has 0 bridgehead atoms. The molecule has 1 aromatic heterocycles. The minimum absolute atomic E-state index is 0.0246. The molecule has 0 unspecified atom stereocenters. The lowest BCUT2D eigenvalue weighted by Gasteiger charge is -2.21. The number of nitrogens with one attached hydrogen (secondary N) is 1. The normalized spacial score (nSPS) is 29.2. The minimum Gasteiger partial charge on any atom is -0.442 e. The zero-order valence-electron chi connectivity index (χ0n) is 22.6. The predicted octanol–water partition coefficient (Wildman–Crippen LogP) is 6.00. The molecule has 0 saturated carbocycles. The summed E-state index contributed by atoms with van der Waals surface area (Å²) in [5, 5.41) is 5.97. The van der Waals surface area contributed by atoms with Crippen molar-refractivity contribution in [3.63, 3.8) is 0 Å². The fourth-order valence-electron chi connectivity index (χ4n) is 4.38. The van der Waals surface area contributed by atoms with Gasteiger partial charge in [-0.3, -0.25) is 19.8 Å². The van der Waals surface area contributed by atoms with Gasteiger partial charge in [0, 0.05) is 23.3 Å². The molecule has 0 radical (unpaired) electrons. The third-order valence-electron chi connectivity index (χ3n) is 6.57. The van der Waals surface area contributed by atoms with E-state index in [2.05, 4.69) is 48.4 Å². The lowest BCUT2D eigenvalue weighted by Crippen LogP contribution is -2.33. The summed E-state index contributed by atoms with van der Waals surface area (Å²) in [7, 11) is 0. The highest BCUT2D eigenvalue weighted by atomic mass is 32.2. The lowest BCUT2D eigenvalue weighted by molar-refractivity contribution is 0.0937. The zero-order valence-corrected chi connectivity index (χ0v) is 25.0. The second-order valence-electron chi connectivity index (χ2n) is 10.8. The molecule has 4 heterocycles. The molecule has 0 aliphatic carbocycles. The third-order valence-corrected chi connectivity index (χ3v) is 10.8. The Kier molecular flexibility index (Phi) is 7.43. The van der Waals surface area contributed by atoms with Gasteiger partial charge in [-0.05, 0) is 53.2 Å². The number of aromatic nitrogens is 1. The number of hydrogen-bond acceptors (Lipinski definition) is 9. The first-order valence-electron chi connectivity index (χ1n) is 12.7. The van der Waals surface area contributed by atoms with Crippen molar-refractivity contribution in [3.8, 4) is 0 Å². The number of aliphatic imine (C=N–C) groups is 3. The Morgan fingerprint density at radius 2 is 1.53 bits per heavy atom. The maximum atomic E-state index is 12.5. The van der Waals surface area contributed by atoms with E-state index < -0.39 is 11.1 Å². The number of oxazole rings is 1. The molecular weight excluding hydrogens is 535 g/mol. The van der Waals surface area contributed by atoms with Gasteiger partial charge in [-0.25, -0.2) is 4.98 Å². The van der Waals surface area contributed by atoms with E-state index >= 15 is 0 Å². The number of amides is 1. The van der Waals surface area contributed by atoms with Crippen molar-refractivity contribution in [2.75, 3.05) is 17.3 Å². The van der Waals surface area contributed by atoms with Crippen LogP contribution in [0.15, 0.2) is 55.8 Å². The van der Waals surface area contributed by atoms with Crippen LogP contribution in [0.25, 0.3) is 6.08 Å². The summed E-state index contributed by atoms with van der Waals surface area (Å²) >= 11 is 5.26. The first-order chi connectivity index (χ1) is 18.0. The van der Waals surface area contributed by atoms with Crippen molar-refractivity contribution in [1.29, 1.82) is 0 Å². The average Bonchev–Trinajstić information content (AvgIpc) is 3.65. The Morgan fingerprint density at radius 3 is 2.21 bits per heavy atom. The molecule has 1 N–H and O–H groups in total. The Bertz CT molecular complexity index is 1370. The minimum atomic E-state index is -0.645. The molecule has 200 valence electrons. The molecular formula is C28H33N5O2S3. The number of benzene rings is 1. The smallest absolute Gasteiger partial charge is 0.273 e. The third kappa shape index (κ3) is 5.40. The number of rotatable bonds is 7. The Balaban J connectivity index is 1.34. The largest absolute Gasteiger partial charge is 0.442 e. The maximum absolute atomic E-state index is 12.5. The highest BCUT2D eigenvalue weighted by molar-refractivity contribution is 8.17. The zero-order chi connectivity index (χ0) is 27.1. The fraction of sp³-hybridized carbons (Fsp3) is 0.464. The van der Waals surface area contributed by atoms with E-state index in [4.69, 9.17) is 19.4 Å². The van der Waals surface area contributed by atoms with Crippen molar-refractivity contribution < 1.29 is 9.21 Å². The highest BCUT2D eigenvalue weighted by Crippen LogP contribution is 2.46. The SMILES string of the molecule is Cc1oc([C@]2(C)CSC([C@]3(C)CSC([C@]4(C)CSC(/C=C/c5ccccc5)=N4)=N3)=N2)nc1C(=O)NC(C)C. The number of hydrogen-bond donors (Lipinski definition) is 1. The van der Waals surface area contributed by atoms with E-state index in [9.17, 15) is 4.79 Å². The van der Waals surface area contributed by atoms with Crippen LogP contribution in [0.4, 0.5) is 0 Å². The van der Waals surface area contributed by atoms with Gasteiger partial charge >= 0.3 is 0 Å². The first-order valence-corrected chi connectivity index (χ1v) is 15.7. The van der Waals surface area contributed by atoms with Gasteiger partial charge in [0.05, 0.1) is 15.1 Å². The standard InChI is InChI=1S/C28H33N5O2S3/c1-17(2)29-22(34)21-18(3)35-23(30-21)26(4)14-37-25(32-26)28(6)16-38-24(33-28)27(5)15-36-20(31-27)13-12-19-10-8-7-9-11-19/h7-13,17H,14-16H2,1-6H3,(H,29,34)/b13-12+/t26-,27-,28-/m0/s1. The molecule has 2 aromatic rings. The van der Waals surface area contributed by atoms with Gasteiger partial charge in [-0.2, -0.15) is 0 Å². The van der Waals surface area contributed by atoms with Crippen molar-refractivity contribution >= 4 is 62.4 Å². The van der Waals surface area contributed by atoms with Gasteiger partial charge in [-0.1, -0.05) is 36.4 Å².